The molecule has 0 unspecified atom stereocenters. The summed E-state index contributed by atoms with van der Waals surface area (Å²) in [5, 5.41) is 8.29. The van der Waals surface area contributed by atoms with Crippen LogP contribution < -0.4 is 21.1 Å². The number of piperazine rings is 1. The first-order valence-electron chi connectivity index (χ1n) is 17.2. The van der Waals surface area contributed by atoms with Gasteiger partial charge in [-0.25, -0.2) is 9.98 Å². The van der Waals surface area contributed by atoms with Crippen LogP contribution in [0.4, 0.5) is 11.6 Å². The summed E-state index contributed by atoms with van der Waals surface area (Å²) in [5.41, 5.74) is 2.55. The molecule has 8 rings (SSSR count). The summed E-state index contributed by atoms with van der Waals surface area (Å²) in [6.45, 7) is 12.9. The van der Waals surface area contributed by atoms with E-state index in [1.165, 1.54) is 6.42 Å². The molecule has 1 aromatic heterocycles. The van der Waals surface area contributed by atoms with Crippen molar-refractivity contribution in [2.75, 3.05) is 49.6 Å². The molecule has 3 aromatic rings. The monoisotopic (exact) mass is 693 g/mol. The smallest absolute Gasteiger partial charge is 0.262 e. The van der Waals surface area contributed by atoms with Gasteiger partial charge >= 0.3 is 0 Å². The van der Waals surface area contributed by atoms with Crippen LogP contribution in [-0.4, -0.2) is 77.8 Å². The van der Waals surface area contributed by atoms with Crippen LogP contribution in [0.15, 0.2) is 46.2 Å². The number of morpholine rings is 1. The van der Waals surface area contributed by atoms with Crippen molar-refractivity contribution in [2.24, 2.45) is 28.2 Å². The second-order valence-electron chi connectivity index (χ2n) is 14.6. The Hall–Kier alpha value is -3.34. The zero-order valence-electron chi connectivity index (χ0n) is 28.1. The molecule has 5 fully saturated rings. The zero-order chi connectivity index (χ0) is 33.7. The first-order valence-corrected chi connectivity index (χ1v) is 17.9. The van der Waals surface area contributed by atoms with Crippen LogP contribution >= 0.6 is 23.2 Å². The molecule has 0 spiro atoms. The number of amides is 1. The highest BCUT2D eigenvalue weighted by Gasteiger charge is 2.56. The second-order valence-corrected chi connectivity index (χ2v) is 15.5. The predicted molar refractivity (Wildman–Crippen MR) is 192 cm³/mol. The number of hydrogen-bond donors (Lipinski definition) is 2. The van der Waals surface area contributed by atoms with Gasteiger partial charge < -0.3 is 25.2 Å². The average molecular weight is 695 g/mol. The van der Waals surface area contributed by atoms with Crippen molar-refractivity contribution in [1.29, 1.82) is 0 Å². The van der Waals surface area contributed by atoms with Crippen molar-refractivity contribution < 1.29 is 9.53 Å². The maximum absolute atomic E-state index is 14.1. The number of nitrogens with zero attached hydrogens (tertiary/aromatic N) is 5. The number of aryl methyl sites for hydroxylation is 1. The van der Waals surface area contributed by atoms with Crippen LogP contribution in [0.5, 0.6) is 0 Å². The van der Waals surface area contributed by atoms with Gasteiger partial charge in [0.15, 0.2) is 5.96 Å². The van der Waals surface area contributed by atoms with E-state index in [2.05, 4.69) is 41.2 Å². The highest BCUT2D eigenvalue weighted by atomic mass is 35.5. The molecule has 0 radical (unpaired) electrons. The zero-order valence-corrected chi connectivity index (χ0v) is 29.7. The molecule has 2 N–H and O–H groups in total. The first-order chi connectivity index (χ1) is 23.0. The molecule has 10 nitrogen and oxygen atoms in total. The third-order valence-electron chi connectivity index (χ3n) is 11.2. The molecule has 2 bridgehead atoms. The molecular formula is C36H45Cl2N7O3. The van der Waals surface area contributed by atoms with Crippen molar-refractivity contribution >= 4 is 57.6 Å². The fraction of sp³-hybridized carbons (Fsp3) is 0.556. The molecule has 3 saturated carbocycles. The molecule has 3 aliphatic carbocycles. The van der Waals surface area contributed by atoms with Gasteiger partial charge in [-0.3, -0.25) is 14.2 Å². The molecular weight excluding hydrogens is 649 g/mol. The van der Waals surface area contributed by atoms with Gasteiger partial charge in [-0.1, -0.05) is 50.0 Å². The molecule has 5 atom stereocenters. The number of anilines is 2. The Bertz CT molecular complexity index is 1800. The fourth-order valence-electron chi connectivity index (χ4n) is 8.32. The van der Waals surface area contributed by atoms with E-state index < -0.39 is 0 Å². The summed E-state index contributed by atoms with van der Waals surface area (Å²) in [6, 6.07) is 11.3. The molecule has 2 aliphatic heterocycles. The Balaban J connectivity index is 1.22. The third-order valence-corrected chi connectivity index (χ3v) is 11.8. The Morgan fingerprint density at radius 2 is 1.90 bits per heavy atom. The van der Waals surface area contributed by atoms with Gasteiger partial charge in [0.2, 0.25) is 11.9 Å². The lowest BCUT2D eigenvalue weighted by molar-refractivity contribution is -0.124. The highest BCUT2D eigenvalue weighted by Crippen LogP contribution is 2.61. The van der Waals surface area contributed by atoms with E-state index >= 15 is 0 Å². The molecule has 1 amide bonds. The Kier molecular flexibility index (Phi) is 9.10. The fourth-order valence-corrected chi connectivity index (χ4v) is 8.82. The maximum atomic E-state index is 14.1. The van der Waals surface area contributed by atoms with Gasteiger partial charge in [0, 0.05) is 48.0 Å². The lowest BCUT2D eigenvalue weighted by Crippen LogP contribution is -2.58. The third kappa shape index (κ3) is 6.39. The normalized spacial score (nSPS) is 27.1. The largest absolute Gasteiger partial charge is 0.378 e. The van der Waals surface area contributed by atoms with E-state index in [0.717, 1.165) is 17.7 Å². The van der Waals surface area contributed by atoms with Crippen molar-refractivity contribution in [1.82, 2.24) is 19.8 Å². The topological polar surface area (TPSA) is 104 Å². The maximum Gasteiger partial charge on any atom is 0.262 e. The first kappa shape index (κ1) is 33.2. The van der Waals surface area contributed by atoms with Crippen LogP contribution in [0.1, 0.15) is 46.1 Å². The molecule has 3 heterocycles. The Labute approximate surface area is 291 Å². The van der Waals surface area contributed by atoms with Gasteiger partial charge in [0.05, 0.1) is 36.7 Å². The van der Waals surface area contributed by atoms with Crippen LogP contribution in [-0.2, 0) is 22.5 Å². The lowest BCUT2D eigenvalue weighted by Gasteiger charge is -2.61. The summed E-state index contributed by atoms with van der Waals surface area (Å²) >= 11 is 12.6. The minimum atomic E-state index is -0.105. The number of nitrogens with one attached hydrogen (secondary N) is 2. The van der Waals surface area contributed by atoms with Crippen LogP contribution in [0, 0.1) is 23.2 Å². The van der Waals surface area contributed by atoms with E-state index in [9.17, 15) is 9.59 Å². The molecule has 256 valence electrons. The molecule has 2 aromatic carbocycles. The highest BCUT2D eigenvalue weighted by molar-refractivity contribution is 6.35. The number of rotatable bonds is 6. The van der Waals surface area contributed by atoms with Gasteiger partial charge in [-0.2, -0.15) is 0 Å². The minimum absolute atomic E-state index is 0.00457. The average Bonchev–Trinajstić information content (AvgIpc) is 3.05. The van der Waals surface area contributed by atoms with Gasteiger partial charge in [0.25, 0.3) is 5.56 Å². The summed E-state index contributed by atoms with van der Waals surface area (Å²) < 4.78 is 7.37. The number of aliphatic imine (C=N–C) groups is 1. The van der Waals surface area contributed by atoms with Crippen LogP contribution in [0.25, 0.3) is 10.9 Å². The Morgan fingerprint density at radius 3 is 2.60 bits per heavy atom. The number of carbonyl (C=O) groups excluding carboxylic acids is 1. The predicted octanol–water partition coefficient (Wildman–Crippen LogP) is 5.44. The van der Waals surface area contributed by atoms with Crippen molar-refractivity contribution in [2.45, 2.75) is 65.6 Å². The van der Waals surface area contributed by atoms with Gasteiger partial charge in [0.1, 0.15) is 0 Å². The molecule has 5 aliphatic rings. The number of hydrogen-bond acceptors (Lipinski definition) is 6. The quantitative estimate of drug-likeness (QED) is 0.262. The van der Waals surface area contributed by atoms with Crippen LogP contribution in [0.2, 0.25) is 10.0 Å². The number of benzene rings is 2. The van der Waals surface area contributed by atoms with Gasteiger partial charge in [-0.05, 0) is 85.3 Å². The standard InChI is InChI=1S/C36H45Cl2N7O3/c1-21-19-44(20-32(46)39-21)34(41-30-16-24-15-28(22(30)2)36(24,3)4)40-26-7-8-27-31(18-26)42-35(43-11-13-48-14-12-43)45(33(27)47)10-9-23-5-6-25(37)17-29(23)38/h5-8,17-18,21-22,24,28,30H,9-16,19-20H2,1-4H3,(H,39,46)(H,40,41)/t21-,22-,24-,28+,30-/m0/s1. The second kappa shape index (κ2) is 13.2. The van der Waals surface area contributed by atoms with E-state index in [0.29, 0.717) is 102 Å². The number of carbonyl (C=O) groups is 1. The summed E-state index contributed by atoms with van der Waals surface area (Å²) in [6.07, 6.45) is 2.88. The van der Waals surface area contributed by atoms with E-state index in [-0.39, 0.29) is 30.1 Å². The SMILES string of the molecule is C[C@@H]1[C@@H](/N=C(/Nc2ccc3c(=O)n(CCc4ccc(Cl)cc4Cl)c(N4CCOCC4)nc3c2)N2CC(=O)N[C@@H](C)C2)C[C@@H]2C[C@H]1C2(C)C. The van der Waals surface area contributed by atoms with E-state index in [4.69, 9.17) is 37.9 Å². The van der Waals surface area contributed by atoms with Gasteiger partial charge in [-0.15, -0.1) is 0 Å². The molecule has 2 saturated heterocycles. The van der Waals surface area contributed by atoms with Crippen molar-refractivity contribution in [3.63, 3.8) is 0 Å². The summed E-state index contributed by atoms with van der Waals surface area (Å²) in [4.78, 5) is 41.4. The number of fused-ring (bicyclic) bond motifs is 3. The number of halogens is 2. The van der Waals surface area contributed by atoms with Crippen molar-refractivity contribution in [3.05, 3.63) is 62.4 Å². The summed E-state index contributed by atoms with van der Waals surface area (Å²) in [7, 11) is 0. The Morgan fingerprint density at radius 1 is 1.10 bits per heavy atom. The minimum Gasteiger partial charge on any atom is -0.378 e. The van der Waals surface area contributed by atoms with E-state index in [1.54, 1.807) is 10.6 Å². The number of aromatic nitrogens is 2. The van der Waals surface area contributed by atoms with Crippen LogP contribution in [0.3, 0.4) is 0 Å². The number of guanidine groups is 1. The molecule has 12 heteroatoms. The molecule has 48 heavy (non-hydrogen) atoms. The lowest BCUT2D eigenvalue weighted by atomic mass is 9.45. The van der Waals surface area contributed by atoms with E-state index in [1.807, 2.05) is 37.3 Å². The number of ether oxygens (including phenoxy) is 1. The van der Waals surface area contributed by atoms with Crippen molar-refractivity contribution in [3.8, 4) is 0 Å². The summed E-state index contributed by atoms with van der Waals surface area (Å²) in [5.74, 6) is 3.07.